The first-order valence-electron chi connectivity index (χ1n) is 10.5. The summed E-state index contributed by atoms with van der Waals surface area (Å²) in [4.78, 5) is 24.5. The maximum atomic E-state index is 12.9. The van der Waals surface area contributed by atoms with E-state index in [1.165, 1.54) is 12.8 Å². The van der Waals surface area contributed by atoms with Crippen LogP contribution in [0.5, 0.6) is 0 Å². The van der Waals surface area contributed by atoms with E-state index in [2.05, 4.69) is 26.4 Å². The summed E-state index contributed by atoms with van der Waals surface area (Å²) in [6.45, 7) is 8.19. The normalized spacial score (nSPS) is 26.4. The van der Waals surface area contributed by atoms with Crippen LogP contribution in [-0.4, -0.2) is 88.7 Å². The first kappa shape index (κ1) is 18.9. The highest BCUT2D eigenvalue weighted by molar-refractivity contribution is 5.79. The van der Waals surface area contributed by atoms with Crippen LogP contribution >= 0.6 is 0 Å². The second-order valence-corrected chi connectivity index (χ2v) is 8.23. The molecule has 1 aromatic heterocycles. The van der Waals surface area contributed by atoms with Crippen molar-refractivity contribution in [2.45, 2.75) is 38.3 Å². The van der Waals surface area contributed by atoms with Gasteiger partial charge in [0.25, 0.3) is 0 Å². The Morgan fingerprint density at radius 2 is 1.93 bits per heavy atom. The summed E-state index contributed by atoms with van der Waals surface area (Å²) in [7, 11) is 2.06. The molecule has 7 heteroatoms. The van der Waals surface area contributed by atoms with Gasteiger partial charge in [-0.1, -0.05) is 0 Å². The molecule has 150 valence electrons. The number of hydrogen-bond acceptors (Lipinski definition) is 5. The van der Waals surface area contributed by atoms with Gasteiger partial charge in [0.15, 0.2) is 0 Å². The van der Waals surface area contributed by atoms with Crippen molar-refractivity contribution < 1.29 is 9.53 Å². The van der Waals surface area contributed by atoms with Crippen molar-refractivity contribution in [2.24, 2.45) is 13.0 Å². The minimum absolute atomic E-state index is 0.183. The molecule has 1 amide bonds. The van der Waals surface area contributed by atoms with E-state index >= 15 is 0 Å². The molecule has 4 rings (SSSR count). The molecule has 0 spiro atoms. The summed E-state index contributed by atoms with van der Waals surface area (Å²) in [5.74, 6) is 1.68. The zero-order chi connectivity index (χ0) is 18.6. The highest BCUT2D eigenvalue weighted by atomic mass is 16.5. The Labute approximate surface area is 162 Å². The fraction of sp³-hybridized carbons (Fsp3) is 0.800. The number of likely N-dealkylation sites (tertiary alicyclic amines) is 2. The van der Waals surface area contributed by atoms with Gasteiger partial charge in [-0.3, -0.25) is 14.6 Å². The molecule has 1 unspecified atom stereocenters. The lowest BCUT2D eigenvalue weighted by molar-refractivity contribution is -0.142. The Kier molecular flexibility index (Phi) is 6.10. The number of carbonyl (C=O) groups excluding carboxylic acids is 1. The third kappa shape index (κ3) is 4.52. The molecular weight excluding hydrogens is 342 g/mol. The standard InChI is InChI=1S/C20H33N5O2/c1-22-10-6-21-19(22)16-23-8-4-18(5-9-23)25-7-2-3-17(15-25)20(26)24-11-13-27-14-12-24/h6,10,17-18H,2-5,7-9,11-16H2,1H3. The molecule has 0 radical (unpaired) electrons. The minimum Gasteiger partial charge on any atom is -0.378 e. The zero-order valence-corrected chi connectivity index (χ0v) is 16.6. The van der Waals surface area contributed by atoms with Gasteiger partial charge in [-0.2, -0.15) is 0 Å². The summed E-state index contributed by atoms with van der Waals surface area (Å²) >= 11 is 0. The number of aryl methyl sites for hydroxylation is 1. The zero-order valence-electron chi connectivity index (χ0n) is 16.6. The third-order valence-corrected chi connectivity index (χ3v) is 6.48. The Morgan fingerprint density at radius 3 is 2.63 bits per heavy atom. The van der Waals surface area contributed by atoms with E-state index < -0.39 is 0 Å². The van der Waals surface area contributed by atoms with Crippen molar-refractivity contribution >= 4 is 5.91 Å². The van der Waals surface area contributed by atoms with Crippen molar-refractivity contribution in [2.75, 3.05) is 52.5 Å². The van der Waals surface area contributed by atoms with Crippen LogP contribution in [0, 0.1) is 5.92 Å². The second kappa shape index (κ2) is 8.71. The van der Waals surface area contributed by atoms with E-state index in [4.69, 9.17) is 4.74 Å². The number of morpholine rings is 1. The molecule has 3 aliphatic heterocycles. The van der Waals surface area contributed by atoms with Gasteiger partial charge in [-0.05, 0) is 32.2 Å². The SMILES string of the molecule is Cn1ccnc1CN1CCC(N2CCCC(C(=O)N3CCOCC3)C2)CC1. The van der Waals surface area contributed by atoms with Crippen LogP contribution in [0.4, 0.5) is 0 Å². The van der Waals surface area contributed by atoms with E-state index in [-0.39, 0.29) is 5.92 Å². The smallest absolute Gasteiger partial charge is 0.227 e. The molecule has 27 heavy (non-hydrogen) atoms. The number of ether oxygens (including phenoxy) is 1. The van der Waals surface area contributed by atoms with Crippen molar-refractivity contribution in [3.05, 3.63) is 18.2 Å². The first-order valence-corrected chi connectivity index (χ1v) is 10.5. The lowest BCUT2D eigenvalue weighted by atomic mass is 9.92. The van der Waals surface area contributed by atoms with Gasteiger partial charge in [0.05, 0.1) is 25.7 Å². The average molecular weight is 376 g/mol. The lowest BCUT2D eigenvalue weighted by Gasteiger charge is -2.43. The van der Waals surface area contributed by atoms with Crippen LogP contribution < -0.4 is 0 Å². The number of carbonyl (C=O) groups is 1. The molecule has 3 fully saturated rings. The fourth-order valence-electron chi connectivity index (χ4n) is 4.77. The molecule has 1 aromatic rings. The van der Waals surface area contributed by atoms with Crippen molar-refractivity contribution in [3.63, 3.8) is 0 Å². The largest absolute Gasteiger partial charge is 0.378 e. The monoisotopic (exact) mass is 375 g/mol. The van der Waals surface area contributed by atoms with Gasteiger partial charge in [0.1, 0.15) is 5.82 Å². The summed E-state index contributed by atoms with van der Waals surface area (Å²) in [6, 6.07) is 0.628. The van der Waals surface area contributed by atoms with Crippen LogP contribution in [0.3, 0.4) is 0 Å². The van der Waals surface area contributed by atoms with Crippen LogP contribution in [0.15, 0.2) is 12.4 Å². The van der Waals surface area contributed by atoms with Crippen LogP contribution in [-0.2, 0) is 23.1 Å². The van der Waals surface area contributed by atoms with Crippen molar-refractivity contribution in [3.8, 4) is 0 Å². The van der Waals surface area contributed by atoms with E-state index in [0.717, 1.165) is 64.5 Å². The Bertz CT molecular complexity index is 620. The molecule has 0 aliphatic carbocycles. The topological polar surface area (TPSA) is 53.8 Å². The van der Waals surface area contributed by atoms with Gasteiger partial charge in [-0.25, -0.2) is 4.98 Å². The van der Waals surface area contributed by atoms with Crippen LogP contribution in [0.25, 0.3) is 0 Å². The summed E-state index contributed by atoms with van der Waals surface area (Å²) in [5, 5.41) is 0. The highest BCUT2D eigenvalue weighted by Gasteiger charge is 2.34. The molecule has 0 N–H and O–H groups in total. The van der Waals surface area contributed by atoms with Crippen molar-refractivity contribution in [1.29, 1.82) is 0 Å². The molecule has 0 saturated carbocycles. The first-order chi connectivity index (χ1) is 13.2. The van der Waals surface area contributed by atoms with Gasteiger partial charge in [0.2, 0.25) is 5.91 Å². The number of aromatic nitrogens is 2. The highest BCUT2D eigenvalue weighted by Crippen LogP contribution is 2.25. The van der Waals surface area contributed by atoms with Crippen molar-refractivity contribution in [1.82, 2.24) is 24.3 Å². The lowest BCUT2D eigenvalue weighted by Crippen LogP contribution is -2.52. The number of amides is 1. The molecule has 0 bridgehead atoms. The Balaban J connectivity index is 1.26. The molecule has 7 nitrogen and oxygen atoms in total. The van der Waals surface area contributed by atoms with E-state index in [0.29, 0.717) is 25.2 Å². The van der Waals surface area contributed by atoms with Gasteiger partial charge >= 0.3 is 0 Å². The van der Waals surface area contributed by atoms with Crippen LogP contribution in [0.2, 0.25) is 0 Å². The molecule has 4 heterocycles. The third-order valence-electron chi connectivity index (χ3n) is 6.48. The van der Waals surface area contributed by atoms with E-state index in [1.807, 2.05) is 17.3 Å². The Hall–Kier alpha value is -1.44. The maximum absolute atomic E-state index is 12.9. The molecule has 3 saturated heterocycles. The number of rotatable bonds is 4. The molecule has 3 aliphatic rings. The van der Waals surface area contributed by atoms with E-state index in [1.54, 1.807) is 0 Å². The Morgan fingerprint density at radius 1 is 1.15 bits per heavy atom. The number of nitrogens with zero attached hydrogens (tertiary/aromatic N) is 5. The number of imidazole rings is 1. The molecular formula is C20H33N5O2. The molecule has 0 aromatic carbocycles. The number of hydrogen-bond donors (Lipinski definition) is 0. The summed E-state index contributed by atoms with van der Waals surface area (Å²) in [6.07, 6.45) is 8.48. The van der Waals surface area contributed by atoms with Gasteiger partial charge in [0, 0.05) is 58.2 Å². The number of piperidine rings is 2. The minimum atomic E-state index is 0.183. The summed E-state index contributed by atoms with van der Waals surface area (Å²) in [5.41, 5.74) is 0. The fourth-order valence-corrected chi connectivity index (χ4v) is 4.77. The predicted octanol–water partition coefficient (Wildman–Crippen LogP) is 0.955. The van der Waals surface area contributed by atoms with Gasteiger partial charge < -0.3 is 14.2 Å². The predicted molar refractivity (Wildman–Crippen MR) is 103 cm³/mol. The second-order valence-electron chi connectivity index (χ2n) is 8.23. The van der Waals surface area contributed by atoms with Crippen LogP contribution in [0.1, 0.15) is 31.5 Å². The summed E-state index contributed by atoms with van der Waals surface area (Å²) < 4.78 is 7.50. The quantitative estimate of drug-likeness (QED) is 0.785. The van der Waals surface area contributed by atoms with Gasteiger partial charge in [-0.15, -0.1) is 0 Å². The average Bonchev–Trinajstić information content (AvgIpc) is 3.13. The van der Waals surface area contributed by atoms with E-state index in [9.17, 15) is 4.79 Å². The molecule has 1 atom stereocenters. The maximum Gasteiger partial charge on any atom is 0.227 e.